The Morgan fingerprint density at radius 2 is 0.924 bits per heavy atom. The van der Waals surface area contributed by atoms with Crippen molar-refractivity contribution in [2.75, 3.05) is 40.9 Å². The lowest BCUT2D eigenvalue weighted by molar-refractivity contribution is -0.870. The maximum Gasteiger partial charge on any atom is 0.268 e. The normalized spacial score (nSPS) is 15.2. The highest BCUT2D eigenvalue weighted by Gasteiger charge is 2.24. The molecule has 2 N–H and O–H groups in total. The van der Waals surface area contributed by atoms with Crippen LogP contribution in [0.25, 0.3) is 0 Å². The molecule has 0 bridgehead atoms. The zero-order valence-corrected chi connectivity index (χ0v) is 43.2. The standard InChI is InChI=1S/C57H95N2O6P/c1-6-8-10-12-14-15-16-17-18-19-20-21-22-23-24-25-26-27-28-29-30-31-32-33-34-35-36-37-38-39-40-41-42-43-45-47-49-51-57(61)58-55(56(60)50-48-46-44-13-11-9-7-2)54-65-66(62,63)64-53-52-59(3,4)5/h8,10,14-15,17-18,20-21,23-24,26-27,29-30,32-33,35-36,38-39,41-42,55-56,60H,6-7,9,11-13,16,19,22,25,28,31,34,37,40,43-54H2,1-5H3,(H-,58,61,62,63)/b10-8-,15-14-,18-17-,21-20-,24-23-,27-26-,30-29-,33-32-,36-35-,39-38-,42-41-. The van der Waals surface area contributed by atoms with Gasteiger partial charge >= 0.3 is 0 Å². The molecular formula is C57H95N2O6P. The van der Waals surface area contributed by atoms with Crippen molar-refractivity contribution in [1.29, 1.82) is 0 Å². The Hall–Kier alpha value is -3.36. The summed E-state index contributed by atoms with van der Waals surface area (Å²) in [4.78, 5) is 25.2. The van der Waals surface area contributed by atoms with Crippen LogP contribution in [0, 0.1) is 0 Å². The molecule has 66 heavy (non-hydrogen) atoms. The lowest BCUT2D eigenvalue weighted by Crippen LogP contribution is -2.46. The van der Waals surface area contributed by atoms with Crippen molar-refractivity contribution in [3.05, 3.63) is 134 Å². The van der Waals surface area contributed by atoms with E-state index in [9.17, 15) is 19.4 Å². The Bertz CT molecular complexity index is 1530. The first-order valence-electron chi connectivity index (χ1n) is 25.5. The minimum atomic E-state index is -4.58. The van der Waals surface area contributed by atoms with Gasteiger partial charge in [-0.1, -0.05) is 199 Å². The number of quaternary nitrogens is 1. The Morgan fingerprint density at radius 3 is 1.33 bits per heavy atom. The summed E-state index contributed by atoms with van der Waals surface area (Å²) in [6.07, 6.45) is 70.8. The second-order valence-corrected chi connectivity index (χ2v) is 19.2. The summed E-state index contributed by atoms with van der Waals surface area (Å²) in [5.41, 5.74) is 0. The smallest absolute Gasteiger partial charge is 0.268 e. The second-order valence-electron chi connectivity index (χ2n) is 17.8. The van der Waals surface area contributed by atoms with Gasteiger partial charge in [0.1, 0.15) is 13.2 Å². The molecule has 0 aliphatic rings. The van der Waals surface area contributed by atoms with Crippen LogP contribution in [0.5, 0.6) is 0 Å². The van der Waals surface area contributed by atoms with Crippen molar-refractivity contribution in [2.24, 2.45) is 0 Å². The number of carbonyl (C=O) groups excluding carboxylic acids is 1. The Labute approximate surface area is 405 Å². The molecule has 0 fully saturated rings. The molecule has 3 unspecified atom stereocenters. The lowest BCUT2D eigenvalue weighted by atomic mass is 10.0. The summed E-state index contributed by atoms with van der Waals surface area (Å²) in [6.45, 7) is 4.49. The van der Waals surface area contributed by atoms with E-state index in [2.05, 4.69) is 153 Å². The molecule has 0 heterocycles. The summed E-state index contributed by atoms with van der Waals surface area (Å²) in [7, 11) is 1.25. The van der Waals surface area contributed by atoms with E-state index in [4.69, 9.17) is 9.05 Å². The molecule has 3 atom stereocenters. The molecule has 0 spiro atoms. The number of aliphatic hydroxyl groups excluding tert-OH is 1. The number of nitrogens with zero attached hydrogens (tertiary/aromatic N) is 1. The molecule has 0 aromatic rings. The predicted molar refractivity (Wildman–Crippen MR) is 283 cm³/mol. The first-order valence-corrected chi connectivity index (χ1v) is 27.0. The van der Waals surface area contributed by atoms with Crippen LogP contribution in [0.1, 0.15) is 168 Å². The van der Waals surface area contributed by atoms with Gasteiger partial charge in [0, 0.05) is 6.42 Å². The number of unbranched alkanes of at least 4 members (excludes halogenated alkanes) is 9. The highest BCUT2D eigenvalue weighted by molar-refractivity contribution is 7.45. The van der Waals surface area contributed by atoms with Gasteiger partial charge in [0.15, 0.2) is 0 Å². The van der Waals surface area contributed by atoms with E-state index in [1.165, 1.54) is 25.7 Å². The van der Waals surface area contributed by atoms with Gasteiger partial charge in [0.25, 0.3) is 7.82 Å². The fraction of sp³-hybridized carbons (Fsp3) is 0.596. The predicted octanol–water partition coefficient (Wildman–Crippen LogP) is 14.6. The van der Waals surface area contributed by atoms with Crippen molar-refractivity contribution < 1.29 is 32.9 Å². The molecule has 1 amide bonds. The van der Waals surface area contributed by atoms with Crippen LogP contribution < -0.4 is 10.2 Å². The number of phosphoric acid groups is 1. The Morgan fingerprint density at radius 1 is 0.545 bits per heavy atom. The van der Waals surface area contributed by atoms with Crippen LogP contribution in [0.4, 0.5) is 0 Å². The van der Waals surface area contributed by atoms with Gasteiger partial charge in [-0.05, 0) is 96.3 Å². The summed E-state index contributed by atoms with van der Waals surface area (Å²) >= 11 is 0. The number of hydrogen-bond acceptors (Lipinski definition) is 6. The van der Waals surface area contributed by atoms with Crippen molar-refractivity contribution in [3.8, 4) is 0 Å². The Balaban J connectivity index is 4.14. The monoisotopic (exact) mass is 935 g/mol. The summed E-state index contributed by atoms with van der Waals surface area (Å²) < 4.78 is 23.1. The molecule has 9 heteroatoms. The molecule has 0 saturated heterocycles. The molecule has 0 aromatic heterocycles. The second kappa shape index (κ2) is 46.7. The van der Waals surface area contributed by atoms with Crippen LogP contribution in [0.2, 0.25) is 0 Å². The first-order chi connectivity index (χ1) is 32.0. The zero-order valence-electron chi connectivity index (χ0n) is 42.3. The van der Waals surface area contributed by atoms with E-state index in [-0.39, 0.29) is 19.1 Å². The van der Waals surface area contributed by atoms with Crippen molar-refractivity contribution in [3.63, 3.8) is 0 Å². The molecular weight excluding hydrogens is 840 g/mol. The number of rotatable bonds is 44. The number of likely N-dealkylation sites (N-methyl/N-ethyl adjacent to an activating group) is 1. The van der Waals surface area contributed by atoms with Crippen LogP contribution >= 0.6 is 7.82 Å². The first kappa shape index (κ1) is 62.6. The number of amides is 1. The average Bonchev–Trinajstić information content (AvgIpc) is 3.28. The Kier molecular flexibility index (Phi) is 44.4. The fourth-order valence-electron chi connectivity index (χ4n) is 6.39. The van der Waals surface area contributed by atoms with E-state index in [1.54, 1.807) is 0 Å². The quantitative estimate of drug-likeness (QED) is 0.0273. The number of nitrogens with one attached hydrogen (secondary N) is 1. The fourth-order valence-corrected chi connectivity index (χ4v) is 7.12. The number of hydrogen-bond donors (Lipinski definition) is 2. The minimum absolute atomic E-state index is 0.00279. The topological polar surface area (TPSA) is 108 Å². The molecule has 0 saturated carbocycles. The van der Waals surface area contributed by atoms with Gasteiger partial charge in [-0.25, -0.2) is 0 Å². The molecule has 0 rings (SSSR count). The molecule has 0 radical (unpaired) electrons. The van der Waals surface area contributed by atoms with Gasteiger partial charge in [0.05, 0.1) is 39.9 Å². The van der Waals surface area contributed by atoms with Crippen LogP contribution in [0.15, 0.2) is 134 Å². The van der Waals surface area contributed by atoms with Gasteiger partial charge in [-0.3, -0.25) is 9.36 Å². The SMILES string of the molecule is CC/C=C\C/C=C\C/C=C\C/C=C\C/C=C\C/C=C\C/C=C\C/C=C\C/C=C\C/C=C\C/C=C\CCCCCC(=O)NC(COP(=O)([O-])OCC[N+](C)(C)C)C(O)CCCCCCCCC. The molecule has 0 aliphatic heterocycles. The molecule has 374 valence electrons. The third-order valence-electron chi connectivity index (χ3n) is 10.4. The van der Waals surface area contributed by atoms with Crippen LogP contribution in [-0.4, -0.2) is 68.5 Å². The molecule has 0 aliphatic carbocycles. The lowest BCUT2D eigenvalue weighted by Gasteiger charge is -2.30. The minimum Gasteiger partial charge on any atom is -0.756 e. The third-order valence-corrected chi connectivity index (χ3v) is 11.4. The maximum atomic E-state index is 12.8. The summed E-state index contributed by atoms with van der Waals surface area (Å²) in [5, 5.41) is 13.8. The van der Waals surface area contributed by atoms with Gasteiger partial charge in [-0.2, -0.15) is 0 Å². The van der Waals surface area contributed by atoms with Gasteiger partial charge in [0.2, 0.25) is 5.91 Å². The van der Waals surface area contributed by atoms with Gasteiger partial charge in [-0.15, -0.1) is 0 Å². The molecule has 0 aromatic carbocycles. The summed E-state index contributed by atoms with van der Waals surface area (Å²) in [5.74, 6) is -0.208. The van der Waals surface area contributed by atoms with Crippen LogP contribution in [0.3, 0.4) is 0 Å². The van der Waals surface area contributed by atoms with Crippen molar-refractivity contribution in [2.45, 2.75) is 180 Å². The summed E-state index contributed by atoms with van der Waals surface area (Å²) in [6, 6.07) is -0.825. The van der Waals surface area contributed by atoms with E-state index >= 15 is 0 Å². The molecule has 8 nitrogen and oxygen atoms in total. The highest BCUT2D eigenvalue weighted by atomic mass is 31.2. The van der Waals surface area contributed by atoms with Crippen LogP contribution in [-0.2, 0) is 18.4 Å². The number of allylic oxidation sites excluding steroid dienone is 22. The maximum absolute atomic E-state index is 12.8. The largest absolute Gasteiger partial charge is 0.756 e. The van der Waals surface area contributed by atoms with E-state index in [0.717, 1.165) is 116 Å². The highest BCUT2D eigenvalue weighted by Crippen LogP contribution is 2.38. The average molecular weight is 935 g/mol. The van der Waals surface area contributed by atoms with Gasteiger partial charge < -0.3 is 28.8 Å². The van der Waals surface area contributed by atoms with E-state index < -0.39 is 20.0 Å². The number of phosphoric ester groups is 1. The van der Waals surface area contributed by atoms with E-state index in [1.807, 2.05) is 21.1 Å². The number of carbonyl (C=O) groups is 1. The van der Waals surface area contributed by atoms with Crippen molar-refractivity contribution >= 4 is 13.7 Å². The van der Waals surface area contributed by atoms with Crippen molar-refractivity contribution in [1.82, 2.24) is 5.32 Å². The number of aliphatic hydroxyl groups is 1. The van der Waals surface area contributed by atoms with E-state index in [0.29, 0.717) is 23.9 Å². The zero-order chi connectivity index (χ0) is 48.5. The third kappa shape index (κ3) is 48.6.